The number of benzene rings is 2. The minimum absolute atomic E-state index is 0.0231. The molecule has 2 aromatic rings. The lowest BCUT2D eigenvalue weighted by atomic mass is 10.3. The van der Waals surface area contributed by atoms with E-state index in [1.807, 2.05) is 0 Å². The number of nitro groups is 1. The maximum Gasteiger partial charge on any atom is 0.417 e. The first-order valence-corrected chi connectivity index (χ1v) is 7.95. The average Bonchev–Trinajstić information content (AvgIpc) is 2.54. The van der Waals surface area contributed by atoms with Gasteiger partial charge >= 0.3 is 16.3 Å². The van der Waals surface area contributed by atoms with Gasteiger partial charge in [-0.05, 0) is 30.3 Å². The normalized spacial score (nSPS) is 10.8. The number of nitrogens with zero attached hydrogens (tertiary/aromatic N) is 1. The van der Waals surface area contributed by atoms with E-state index in [4.69, 9.17) is 9.47 Å². The van der Waals surface area contributed by atoms with Gasteiger partial charge in [-0.3, -0.25) is 15.4 Å². The van der Waals surface area contributed by atoms with E-state index in [2.05, 4.69) is 5.32 Å². The van der Waals surface area contributed by atoms with Crippen LogP contribution < -0.4 is 14.8 Å². The number of non-ortho nitro benzene ring substituents is 1. The van der Waals surface area contributed by atoms with Crippen LogP contribution >= 0.6 is 0 Å². The van der Waals surface area contributed by atoms with Gasteiger partial charge in [-0.25, -0.2) is 4.79 Å². The van der Waals surface area contributed by atoms with E-state index in [1.165, 1.54) is 25.3 Å². The van der Waals surface area contributed by atoms with E-state index in [0.717, 1.165) is 24.3 Å². The molecule has 9 nitrogen and oxygen atoms in total. The third kappa shape index (κ3) is 4.64. The van der Waals surface area contributed by atoms with Crippen LogP contribution in [0.4, 0.5) is 20.1 Å². The molecule has 0 bridgehead atoms. The number of rotatable bonds is 5. The van der Waals surface area contributed by atoms with E-state index in [9.17, 15) is 27.2 Å². The van der Waals surface area contributed by atoms with Gasteiger partial charge in [0.2, 0.25) is 0 Å². The molecule has 2 rings (SSSR count). The maximum atomic E-state index is 13.2. The van der Waals surface area contributed by atoms with Crippen LogP contribution in [0.5, 0.6) is 11.5 Å². The largest absolute Gasteiger partial charge is 0.495 e. The smallest absolute Gasteiger partial charge is 0.417 e. The Labute approximate surface area is 141 Å². The van der Waals surface area contributed by atoms with Crippen molar-refractivity contribution < 1.29 is 31.5 Å². The highest BCUT2D eigenvalue weighted by molar-refractivity contribution is 7.86. The number of hydrogen-bond acceptors (Lipinski definition) is 7. The van der Waals surface area contributed by atoms with E-state index in [1.54, 1.807) is 0 Å². The van der Waals surface area contributed by atoms with Crippen LogP contribution in [-0.4, -0.2) is 26.5 Å². The topological polar surface area (TPSA) is 125 Å². The summed E-state index contributed by atoms with van der Waals surface area (Å²) in [6, 6.07) is 8.02. The summed E-state index contributed by atoms with van der Waals surface area (Å²) in [7, 11) is -3.89. The molecule has 11 heteroatoms. The molecule has 0 saturated carbocycles. The van der Waals surface area contributed by atoms with Gasteiger partial charge in [0.15, 0.2) is 0 Å². The Bertz CT molecular complexity index is 913. The van der Waals surface area contributed by atoms with Gasteiger partial charge in [0.25, 0.3) is 5.69 Å². The van der Waals surface area contributed by atoms with Gasteiger partial charge in [-0.1, -0.05) is 0 Å². The van der Waals surface area contributed by atoms with E-state index in [-0.39, 0.29) is 22.9 Å². The van der Waals surface area contributed by atoms with Gasteiger partial charge < -0.3 is 9.47 Å². The second-order valence-electron chi connectivity index (χ2n) is 4.57. The molecule has 25 heavy (non-hydrogen) atoms. The first kappa shape index (κ1) is 18.1. The number of nitrogens with one attached hydrogen (secondary N) is 1. The molecule has 0 fully saturated rings. The fourth-order valence-corrected chi connectivity index (χ4v) is 2.49. The Kier molecular flexibility index (Phi) is 5.17. The number of hydrogen-bond donors (Lipinski definition) is 1. The molecule has 0 aromatic heterocycles. The Morgan fingerprint density at radius 2 is 1.84 bits per heavy atom. The van der Waals surface area contributed by atoms with Gasteiger partial charge in [-0.2, -0.15) is 8.42 Å². The second-order valence-corrected chi connectivity index (χ2v) is 5.88. The monoisotopic (exact) mass is 370 g/mol. The maximum absolute atomic E-state index is 13.2. The van der Waals surface area contributed by atoms with Crippen molar-refractivity contribution in [1.82, 2.24) is 0 Å². The van der Waals surface area contributed by atoms with Gasteiger partial charge in [0.05, 0.1) is 12.0 Å². The van der Waals surface area contributed by atoms with Crippen LogP contribution in [-0.2, 0) is 10.2 Å². The van der Waals surface area contributed by atoms with Crippen molar-refractivity contribution in [3.63, 3.8) is 0 Å². The van der Waals surface area contributed by atoms with Crippen LogP contribution in [0.15, 0.2) is 47.4 Å². The lowest BCUT2D eigenvalue weighted by molar-refractivity contribution is -0.384. The molecular weight excluding hydrogens is 359 g/mol. The number of carbonyl (C=O) groups excluding carboxylic acids is 1. The van der Waals surface area contributed by atoms with Crippen molar-refractivity contribution in [2.75, 3.05) is 12.4 Å². The summed E-state index contributed by atoms with van der Waals surface area (Å²) in [5.41, 5.74) is -0.232. The van der Waals surface area contributed by atoms with Crippen molar-refractivity contribution in [2.24, 2.45) is 0 Å². The molecule has 1 N–H and O–H groups in total. The standard InChI is InChI=1S/C14H11FN2O7S/c1-23-12-7-2-9(8-13(12)25(15,21)22)16-14(18)24-11-5-3-10(4-6-11)17(19)20/h2-8H,1H3,(H,16,18). The van der Waals surface area contributed by atoms with Gasteiger partial charge in [0, 0.05) is 17.8 Å². The zero-order valence-corrected chi connectivity index (χ0v) is 13.4. The molecule has 0 heterocycles. The van der Waals surface area contributed by atoms with Crippen LogP contribution in [0.1, 0.15) is 0 Å². The highest BCUT2D eigenvalue weighted by atomic mass is 32.3. The molecule has 0 aliphatic heterocycles. The van der Waals surface area contributed by atoms with Crippen molar-refractivity contribution in [1.29, 1.82) is 0 Å². The Balaban J connectivity index is 2.14. The Morgan fingerprint density at radius 3 is 2.36 bits per heavy atom. The first-order chi connectivity index (χ1) is 11.7. The third-order valence-corrected chi connectivity index (χ3v) is 3.78. The minimum atomic E-state index is -5.06. The Morgan fingerprint density at radius 1 is 1.20 bits per heavy atom. The number of carbonyl (C=O) groups is 1. The quantitative estimate of drug-likeness (QED) is 0.487. The van der Waals surface area contributed by atoms with Gasteiger partial charge in [-0.15, -0.1) is 3.89 Å². The van der Waals surface area contributed by atoms with Crippen molar-refractivity contribution in [3.8, 4) is 11.5 Å². The molecule has 1 amide bonds. The molecule has 132 valence electrons. The predicted octanol–water partition coefficient (Wildman–Crippen LogP) is 2.87. The molecule has 0 unspecified atom stereocenters. The van der Waals surface area contributed by atoms with Crippen LogP contribution in [0, 0.1) is 10.1 Å². The van der Waals surface area contributed by atoms with E-state index in [0.29, 0.717) is 0 Å². The summed E-state index contributed by atoms with van der Waals surface area (Å²) < 4.78 is 45.0. The van der Waals surface area contributed by atoms with Crippen molar-refractivity contribution in [2.45, 2.75) is 4.90 Å². The molecule has 0 saturated heterocycles. The first-order valence-electron chi connectivity index (χ1n) is 6.56. The molecule has 0 atom stereocenters. The third-order valence-electron chi connectivity index (χ3n) is 2.93. The zero-order chi connectivity index (χ0) is 18.6. The highest BCUT2D eigenvalue weighted by Gasteiger charge is 2.20. The van der Waals surface area contributed by atoms with E-state index < -0.39 is 26.1 Å². The molecular formula is C14H11FN2O7S. The minimum Gasteiger partial charge on any atom is -0.495 e. The molecule has 2 aromatic carbocycles. The molecule has 0 radical (unpaired) electrons. The highest BCUT2D eigenvalue weighted by Crippen LogP contribution is 2.28. The fraction of sp³-hybridized carbons (Fsp3) is 0.0714. The van der Waals surface area contributed by atoms with Gasteiger partial charge in [0.1, 0.15) is 16.4 Å². The fourth-order valence-electron chi connectivity index (χ4n) is 1.83. The average molecular weight is 370 g/mol. The number of anilines is 1. The second kappa shape index (κ2) is 7.13. The summed E-state index contributed by atoms with van der Waals surface area (Å²) in [5, 5.41) is 12.7. The summed E-state index contributed by atoms with van der Waals surface area (Å²) >= 11 is 0. The number of nitro benzene ring substituents is 1. The number of halogens is 1. The lowest BCUT2D eigenvalue weighted by Gasteiger charge is -2.09. The van der Waals surface area contributed by atoms with Crippen molar-refractivity contribution in [3.05, 3.63) is 52.6 Å². The molecule has 0 aliphatic rings. The van der Waals surface area contributed by atoms with Crippen LogP contribution in [0.3, 0.4) is 0 Å². The Hall–Kier alpha value is -3.21. The van der Waals surface area contributed by atoms with Crippen molar-refractivity contribution >= 4 is 27.7 Å². The van der Waals surface area contributed by atoms with E-state index >= 15 is 0 Å². The number of amides is 1. The zero-order valence-electron chi connectivity index (χ0n) is 12.6. The SMILES string of the molecule is COc1ccc(NC(=O)Oc2ccc([N+](=O)[O-])cc2)cc1S(=O)(=O)F. The predicted molar refractivity (Wildman–Crippen MR) is 84.0 cm³/mol. The summed E-state index contributed by atoms with van der Waals surface area (Å²) in [6.07, 6.45) is -0.999. The summed E-state index contributed by atoms with van der Waals surface area (Å²) in [5.74, 6) is -0.202. The van der Waals surface area contributed by atoms with Crippen LogP contribution in [0.2, 0.25) is 0 Å². The summed E-state index contributed by atoms with van der Waals surface area (Å²) in [6.45, 7) is 0. The summed E-state index contributed by atoms with van der Waals surface area (Å²) in [4.78, 5) is 21.0. The lowest BCUT2D eigenvalue weighted by Crippen LogP contribution is -2.17. The molecule has 0 spiro atoms. The molecule has 0 aliphatic carbocycles. The van der Waals surface area contributed by atoms with Crippen LogP contribution in [0.25, 0.3) is 0 Å². The number of methoxy groups -OCH3 is 1. The number of ether oxygens (including phenoxy) is 2.